The van der Waals surface area contributed by atoms with E-state index in [0.29, 0.717) is 17.5 Å². The highest BCUT2D eigenvalue weighted by Gasteiger charge is 2.33. The standard InChI is InChI=1S/C10H11BrN2O/c1-6-4-8(6)13-10(14)7-2-3-9(11)12-5-7/h2-3,5-6,8H,4H2,1H3,(H,13,14). The zero-order chi connectivity index (χ0) is 10.1. The Labute approximate surface area is 91.0 Å². The Hall–Kier alpha value is -0.900. The monoisotopic (exact) mass is 254 g/mol. The van der Waals surface area contributed by atoms with Crippen molar-refractivity contribution in [2.45, 2.75) is 19.4 Å². The van der Waals surface area contributed by atoms with Crippen LogP contribution in [0.25, 0.3) is 0 Å². The first-order chi connectivity index (χ1) is 6.66. The van der Waals surface area contributed by atoms with Gasteiger partial charge in [-0.05, 0) is 40.4 Å². The molecular formula is C10H11BrN2O. The zero-order valence-corrected chi connectivity index (χ0v) is 9.41. The van der Waals surface area contributed by atoms with Crippen molar-refractivity contribution in [2.24, 2.45) is 5.92 Å². The summed E-state index contributed by atoms with van der Waals surface area (Å²) in [7, 11) is 0. The number of hydrogen-bond donors (Lipinski definition) is 1. The Bertz CT molecular complexity index is 350. The lowest BCUT2D eigenvalue weighted by Gasteiger charge is -2.02. The molecule has 0 spiro atoms. The minimum atomic E-state index is -0.0284. The van der Waals surface area contributed by atoms with Crippen LogP contribution in [0.4, 0.5) is 0 Å². The largest absolute Gasteiger partial charge is 0.349 e. The number of nitrogens with one attached hydrogen (secondary N) is 1. The van der Waals surface area contributed by atoms with Gasteiger partial charge in [0.05, 0.1) is 5.56 Å². The van der Waals surface area contributed by atoms with E-state index in [9.17, 15) is 4.79 Å². The average Bonchev–Trinajstić information content (AvgIpc) is 2.82. The summed E-state index contributed by atoms with van der Waals surface area (Å²) >= 11 is 3.22. The number of nitrogens with zero attached hydrogens (tertiary/aromatic N) is 1. The predicted octanol–water partition coefficient (Wildman–Crippen LogP) is 1.98. The molecule has 0 radical (unpaired) electrons. The molecule has 1 fully saturated rings. The number of carbonyl (C=O) groups is 1. The van der Waals surface area contributed by atoms with E-state index < -0.39 is 0 Å². The van der Waals surface area contributed by atoms with Gasteiger partial charge in [-0.3, -0.25) is 4.79 Å². The number of rotatable bonds is 2. The Kier molecular flexibility index (Phi) is 2.54. The van der Waals surface area contributed by atoms with Crippen LogP contribution < -0.4 is 5.32 Å². The maximum absolute atomic E-state index is 11.6. The van der Waals surface area contributed by atoms with Gasteiger partial charge < -0.3 is 5.32 Å². The third kappa shape index (κ3) is 2.12. The SMILES string of the molecule is CC1CC1NC(=O)c1ccc(Br)nc1. The van der Waals surface area contributed by atoms with Gasteiger partial charge in [0.2, 0.25) is 0 Å². The quantitative estimate of drug-likeness (QED) is 0.821. The average molecular weight is 255 g/mol. The Balaban J connectivity index is 2.00. The molecule has 4 heteroatoms. The van der Waals surface area contributed by atoms with Crippen molar-refractivity contribution in [1.29, 1.82) is 0 Å². The molecule has 1 aromatic rings. The van der Waals surface area contributed by atoms with E-state index in [1.165, 1.54) is 0 Å². The van der Waals surface area contributed by atoms with Crippen molar-refractivity contribution in [2.75, 3.05) is 0 Å². The molecule has 0 saturated heterocycles. The lowest BCUT2D eigenvalue weighted by Crippen LogP contribution is -2.26. The molecule has 14 heavy (non-hydrogen) atoms. The third-order valence-corrected chi connectivity index (χ3v) is 2.88. The number of pyridine rings is 1. The van der Waals surface area contributed by atoms with Gasteiger partial charge in [-0.2, -0.15) is 0 Å². The van der Waals surface area contributed by atoms with Crippen molar-refractivity contribution < 1.29 is 4.79 Å². The number of amides is 1. The van der Waals surface area contributed by atoms with Crippen LogP contribution in [-0.2, 0) is 0 Å². The lowest BCUT2D eigenvalue weighted by molar-refractivity contribution is 0.0949. The smallest absolute Gasteiger partial charge is 0.253 e. The Morgan fingerprint density at radius 3 is 2.86 bits per heavy atom. The van der Waals surface area contributed by atoms with Crippen molar-refractivity contribution >= 4 is 21.8 Å². The summed E-state index contributed by atoms with van der Waals surface area (Å²) < 4.78 is 0.744. The van der Waals surface area contributed by atoms with Crippen LogP contribution in [0, 0.1) is 5.92 Å². The van der Waals surface area contributed by atoms with E-state index in [1.807, 2.05) is 0 Å². The van der Waals surface area contributed by atoms with Gasteiger partial charge in [0.1, 0.15) is 4.60 Å². The highest BCUT2D eigenvalue weighted by molar-refractivity contribution is 9.10. The molecule has 74 valence electrons. The molecule has 3 nitrogen and oxygen atoms in total. The maximum atomic E-state index is 11.6. The molecule has 1 aliphatic carbocycles. The summed E-state index contributed by atoms with van der Waals surface area (Å²) in [5.74, 6) is 0.599. The summed E-state index contributed by atoms with van der Waals surface area (Å²) in [6, 6.07) is 3.90. The minimum absolute atomic E-state index is 0.0284. The van der Waals surface area contributed by atoms with Gasteiger partial charge >= 0.3 is 0 Å². The first kappa shape index (κ1) is 9.65. The molecular weight excluding hydrogens is 244 g/mol. The van der Waals surface area contributed by atoms with Crippen molar-refractivity contribution in [3.05, 3.63) is 28.5 Å². The van der Waals surface area contributed by atoms with E-state index in [0.717, 1.165) is 11.0 Å². The van der Waals surface area contributed by atoms with Crippen LogP contribution in [0.15, 0.2) is 22.9 Å². The minimum Gasteiger partial charge on any atom is -0.349 e. The first-order valence-corrected chi connectivity index (χ1v) is 5.38. The van der Waals surface area contributed by atoms with E-state index in [2.05, 4.69) is 33.2 Å². The van der Waals surface area contributed by atoms with Crippen LogP contribution in [-0.4, -0.2) is 16.9 Å². The van der Waals surface area contributed by atoms with Crippen molar-refractivity contribution in [1.82, 2.24) is 10.3 Å². The van der Waals surface area contributed by atoms with Crippen LogP contribution >= 0.6 is 15.9 Å². The number of carbonyl (C=O) groups excluding carboxylic acids is 1. The Morgan fingerprint density at radius 1 is 1.64 bits per heavy atom. The third-order valence-electron chi connectivity index (χ3n) is 2.42. The van der Waals surface area contributed by atoms with Gasteiger partial charge in [0, 0.05) is 12.2 Å². The molecule has 2 unspecified atom stereocenters. The fourth-order valence-electron chi connectivity index (χ4n) is 1.29. The highest BCUT2D eigenvalue weighted by Crippen LogP contribution is 2.29. The molecule has 2 atom stereocenters. The second kappa shape index (κ2) is 3.69. The van der Waals surface area contributed by atoms with Gasteiger partial charge in [0.15, 0.2) is 0 Å². The van der Waals surface area contributed by atoms with E-state index >= 15 is 0 Å². The van der Waals surface area contributed by atoms with E-state index in [4.69, 9.17) is 0 Å². The molecule has 0 aromatic carbocycles. The summed E-state index contributed by atoms with van der Waals surface area (Å²) in [4.78, 5) is 15.6. The highest BCUT2D eigenvalue weighted by atomic mass is 79.9. The Morgan fingerprint density at radius 2 is 2.36 bits per heavy atom. The summed E-state index contributed by atoms with van der Waals surface area (Å²) in [5.41, 5.74) is 0.618. The number of aromatic nitrogens is 1. The lowest BCUT2D eigenvalue weighted by atomic mass is 10.2. The van der Waals surface area contributed by atoms with Crippen LogP contribution in [0.5, 0.6) is 0 Å². The van der Waals surface area contributed by atoms with Gasteiger partial charge in [-0.15, -0.1) is 0 Å². The molecule has 0 bridgehead atoms. The molecule has 2 rings (SSSR count). The normalized spacial score (nSPS) is 24.4. The van der Waals surface area contributed by atoms with Gasteiger partial charge in [-0.1, -0.05) is 6.92 Å². The molecule has 1 aliphatic rings. The molecule has 1 aromatic heterocycles. The molecule has 1 N–H and O–H groups in total. The first-order valence-electron chi connectivity index (χ1n) is 4.59. The van der Waals surface area contributed by atoms with Gasteiger partial charge in [0.25, 0.3) is 5.91 Å². The van der Waals surface area contributed by atoms with Crippen LogP contribution in [0.1, 0.15) is 23.7 Å². The van der Waals surface area contributed by atoms with E-state index in [1.54, 1.807) is 18.3 Å². The second-order valence-corrected chi connectivity index (χ2v) is 4.48. The van der Waals surface area contributed by atoms with E-state index in [-0.39, 0.29) is 5.91 Å². The fraction of sp³-hybridized carbons (Fsp3) is 0.400. The number of halogens is 1. The van der Waals surface area contributed by atoms with Crippen LogP contribution in [0.3, 0.4) is 0 Å². The molecule has 1 heterocycles. The number of hydrogen-bond acceptors (Lipinski definition) is 2. The van der Waals surface area contributed by atoms with Crippen molar-refractivity contribution in [3.63, 3.8) is 0 Å². The molecule has 1 saturated carbocycles. The van der Waals surface area contributed by atoms with Crippen molar-refractivity contribution in [3.8, 4) is 0 Å². The summed E-state index contributed by atoms with van der Waals surface area (Å²) in [6.07, 6.45) is 2.67. The topological polar surface area (TPSA) is 42.0 Å². The predicted molar refractivity (Wildman–Crippen MR) is 57.0 cm³/mol. The van der Waals surface area contributed by atoms with Gasteiger partial charge in [-0.25, -0.2) is 4.98 Å². The second-order valence-electron chi connectivity index (χ2n) is 3.66. The molecule has 0 aliphatic heterocycles. The summed E-state index contributed by atoms with van der Waals surface area (Å²) in [5, 5.41) is 2.95. The fourth-order valence-corrected chi connectivity index (χ4v) is 1.52. The zero-order valence-electron chi connectivity index (χ0n) is 7.83. The molecule has 1 amide bonds. The van der Waals surface area contributed by atoms with Crippen LogP contribution in [0.2, 0.25) is 0 Å². The maximum Gasteiger partial charge on any atom is 0.253 e. The summed E-state index contributed by atoms with van der Waals surface area (Å²) in [6.45, 7) is 2.13.